The van der Waals surface area contributed by atoms with Crippen LogP contribution in [-0.2, 0) is 0 Å². The number of nitrogens with zero attached hydrogens (tertiary/aromatic N) is 2. The maximum absolute atomic E-state index is 11.4. The van der Waals surface area contributed by atoms with Gasteiger partial charge in [-0.1, -0.05) is 36.4 Å². The zero-order valence-electron chi connectivity index (χ0n) is 8.95. The van der Waals surface area contributed by atoms with E-state index in [2.05, 4.69) is 22.4 Å². The summed E-state index contributed by atoms with van der Waals surface area (Å²) in [4.78, 5) is 11.4. The lowest BCUT2D eigenvalue weighted by Gasteiger charge is -1.94. The molecule has 0 spiro atoms. The minimum absolute atomic E-state index is 0.127. The zero-order chi connectivity index (χ0) is 11.1. The van der Waals surface area contributed by atoms with Crippen molar-refractivity contribution in [3.8, 4) is 0 Å². The minimum atomic E-state index is -0.127. The van der Waals surface area contributed by atoms with Gasteiger partial charge in [0.25, 0.3) is 5.91 Å². The lowest BCUT2D eigenvalue weighted by Crippen LogP contribution is -2.22. The molecule has 0 aliphatic carbocycles. The molecule has 1 heterocycles. The van der Waals surface area contributed by atoms with E-state index >= 15 is 0 Å². The van der Waals surface area contributed by atoms with Crippen LogP contribution in [0.25, 0.3) is 0 Å². The van der Waals surface area contributed by atoms with Crippen molar-refractivity contribution in [1.29, 1.82) is 0 Å². The molecule has 0 unspecified atom stereocenters. The summed E-state index contributed by atoms with van der Waals surface area (Å²) in [5.74, 6) is 0.915. The fraction of sp³-hybridized carbons (Fsp3) is 0.667. The maximum Gasteiger partial charge on any atom is 0.282 e. The van der Waals surface area contributed by atoms with Crippen LogP contribution in [0.4, 0.5) is 0 Å². The molecule has 0 atom stereocenters. The van der Waals surface area contributed by atoms with Crippen LogP contribution < -0.4 is 5.32 Å². The molecule has 15 heavy (non-hydrogen) atoms. The Kier molecular flexibility index (Phi) is 5.63. The summed E-state index contributed by atoms with van der Waals surface area (Å²) in [5.41, 5.74) is 0. The first-order valence-corrected chi connectivity index (χ1v) is 6.82. The van der Waals surface area contributed by atoms with Crippen molar-refractivity contribution in [2.75, 3.05) is 12.3 Å². The van der Waals surface area contributed by atoms with Crippen molar-refractivity contribution in [3.63, 3.8) is 0 Å². The van der Waals surface area contributed by atoms with E-state index in [1.807, 2.05) is 6.92 Å². The summed E-state index contributed by atoms with van der Waals surface area (Å²) >= 11 is 3.03. The molecule has 1 aromatic rings. The highest BCUT2D eigenvalue weighted by atomic mass is 32.2. The fourth-order valence-corrected chi connectivity index (χ4v) is 2.82. The van der Waals surface area contributed by atoms with Crippen molar-refractivity contribution < 1.29 is 4.79 Å². The summed E-state index contributed by atoms with van der Waals surface area (Å²) < 4.78 is 0.879. The van der Waals surface area contributed by atoms with Gasteiger partial charge in [0, 0.05) is 12.3 Å². The Morgan fingerprint density at radius 2 is 2.27 bits per heavy atom. The number of thioether (sulfide) groups is 1. The Morgan fingerprint density at radius 1 is 1.47 bits per heavy atom. The molecule has 0 aliphatic rings. The Bertz CT molecular complexity index is 314. The molecule has 1 N–H and O–H groups in total. The number of hydrogen-bond donors (Lipinski definition) is 1. The molecule has 1 rings (SSSR count). The first-order chi connectivity index (χ1) is 7.27. The molecule has 84 valence electrons. The predicted molar refractivity (Wildman–Crippen MR) is 63.5 cm³/mol. The maximum atomic E-state index is 11.4. The molecule has 0 aliphatic heterocycles. The van der Waals surface area contributed by atoms with Gasteiger partial charge in [-0.05, 0) is 13.3 Å². The smallest absolute Gasteiger partial charge is 0.282 e. The monoisotopic (exact) mass is 245 g/mol. The number of unbranched alkanes of at least 4 members (excludes halogenated alkanes) is 1. The Hall–Kier alpha value is -0.620. The largest absolute Gasteiger partial charge is 0.350 e. The number of amides is 1. The van der Waals surface area contributed by atoms with Gasteiger partial charge in [0.05, 0.1) is 0 Å². The highest BCUT2D eigenvalue weighted by Gasteiger charge is 2.11. The second-order valence-electron chi connectivity index (χ2n) is 2.93. The number of carbonyl (C=O) groups is 1. The van der Waals surface area contributed by atoms with E-state index in [-0.39, 0.29) is 5.91 Å². The predicted octanol–water partition coefficient (Wildman–Crippen LogP) is 2.18. The molecule has 1 aromatic heterocycles. The highest BCUT2D eigenvalue weighted by molar-refractivity contribution is 8.01. The van der Waals surface area contributed by atoms with Gasteiger partial charge in [-0.25, -0.2) is 0 Å². The third kappa shape index (κ3) is 4.17. The second kappa shape index (κ2) is 6.79. The number of nitrogens with one attached hydrogen (secondary N) is 1. The van der Waals surface area contributed by atoms with Gasteiger partial charge < -0.3 is 5.32 Å². The van der Waals surface area contributed by atoms with Crippen LogP contribution in [-0.4, -0.2) is 28.4 Å². The zero-order valence-corrected chi connectivity index (χ0v) is 10.6. The molecule has 0 saturated heterocycles. The van der Waals surface area contributed by atoms with E-state index in [0.717, 1.165) is 10.1 Å². The van der Waals surface area contributed by atoms with Crippen LogP contribution in [0, 0.1) is 0 Å². The molecule has 6 heteroatoms. The molecule has 0 bridgehead atoms. The SMILES string of the molecule is CCCCSc1nnc(C(=O)NCC)s1. The molecular formula is C9H15N3OS2. The number of rotatable bonds is 6. The average molecular weight is 245 g/mol. The molecule has 0 radical (unpaired) electrons. The highest BCUT2D eigenvalue weighted by Crippen LogP contribution is 2.23. The summed E-state index contributed by atoms with van der Waals surface area (Å²) in [5, 5.41) is 11.0. The van der Waals surface area contributed by atoms with Crippen LogP contribution in [0.5, 0.6) is 0 Å². The van der Waals surface area contributed by atoms with E-state index in [9.17, 15) is 4.79 Å². The molecule has 1 amide bonds. The standard InChI is InChI=1S/C9H15N3OS2/c1-3-5-6-14-9-12-11-8(15-9)7(13)10-4-2/h3-6H2,1-2H3,(H,10,13). The van der Waals surface area contributed by atoms with E-state index in [4.69, 9.17) is 0 Å². The fourth-order valence-electron chi connectivity index (χ4n) is 0.900. The molecular weight excluding hydrogens is 230 g/mol. The molecule has 0 saturated carbocycles. The lowest BCUT2D eigenvalue weighted by molar-refractivity contribution is 0.0954. The van der Waals surface area contributed by atoms with Crippen LogP contribution >= 0.6 is 23.1 Å². The normalized spacial score (nSPS) is 10.3. The summed E-state index contributed by atoms with van der Waals surface area (Å²) in [6, 6.07) is 0. The van der Waals surface area contributed by atoms with Crippen LogP contribution in [0.1, 0.15) is 36.5 Å². The first-order valence-electron chi connectivity index (χ1n) is 5.02. The van der Waals surface area contributed by atoms with Crippen molar-refractivity contribution in [1.82, 2.24) is 15.5 Å². The minimum Gasteiger partial charge on any atom is -0.350 e. The summed E-state index contributed by atoms with van der Waals surface area (Å²) in [6.07, 6.45) is 2.34. The van der Waals surface area contributed by atoms with E-state index < -0.39 is 0 Å². The average Bonchev–Trinajstić information content (AvgIpc) is 2.67. The Labute approximate surface area is 97.9 Å². The van der Waals surface area contributed by atoms with Crippen LogP contribution in [0.15, 0.2) is 4.34 Å². The van der Waals surface area contributed by atoms with Gasteiger partial charge in [0.1, 0.15) is 0 Å². The van der Waals surface area contributed by atoms with Crippen molar-refractivity contribution >= 4 is 29.0 Å². The second-order valence-corrected chi connectivity index (χ2v) is 5.25. The third-order valence-corrected chi connectivity index (χ3v) is 3.80. The topological polar surface area (TPSA) is 54.9 Å². The van der Waals surface area contributed by atoms with Gasteiger partial charge in [-0.15, -0.1) is 10.2 Å². The van der Waals surface area contributed by atoms with E-state index in [1.54, 1.807) is 11.8 Å². The lowest BCUT2D eigenvalue weighted by atomic mass is 10.4. The van der Waals surface area contributed by atoms with Gasteiger partial charge in [0.2, 0.25) is 5.01 Å². The van der Waals surface area contributed by atoms with Crippen molar-refractivity contribution in [2.24, 2.45) is 0 Å². The van der Waals surface area contributed by atoms with Crippen LogP contribution in [0.2, 0.25) is 0 Å². The molecule has 0 fully saturated rings. The summed E-state index contributed by atoms with van der Waals surface area (Å²) in [6.45, 7) is 4.66. The third-order valence-electron chi connectivity index (χ3n) is 1.66. The number of hydrogen-bond acceptors (Lipinski definition) is 5. The van der Waals surface area contributed by atoms with Gasteiger partial charge in [0.15, 0.2) is 4.34 Å². The first kappa shape index (κ1) is 12.4. The van der Waals surface area contributed by atoms with Gasteiger partial charge >= 0.3 is 0 Å². The van der Waals surface area contributed by atoms with Gasteiger partial charge in [-0.2, -0.15) is 0 Å². The Balaban J connectivity index is 2.45. The quantitative estimate of drug-likeness (QED) is 0.616. The van der Waals surface area contributed by atoms with E-state index in [1.165, 1.54) is 24.2 Å². The van der Waals surface area contributed by atoms with Gasteiger partial charge in [-0.3, -0.25) is 4.79 Å². The van der Waals surface area contributed by atoms with Crippen molar-refractivity contribution in [3.05, 3.63) is 5.01 Å². The number of carbonyl (C=O) groups excluding carboxylic acids is 1. The molecule has 0 aromatic carbocycles. The van der Waals surface area contributed by atoms with E-state index in [0.29, 0.717) is 11.6 Å². The molecule has 4 nitrogen and oxygen atoms in total. The Morgan fingerprint density at radius 3 is 2.93 bits per heavy atom. The summed E-state index contributed by atoms with van der Waals surface area (Å²) in [7, 11) is 0. The van der Waals surface area contributed by atoms with Crippen LogP contribution in [0.3, 0.4) is 0 Å². The van der Waals surface area contributed by atoms with Crippen molar-refractivity contribution in [2.45, 2.75) is 31.0 Å². The number of aromatic nitrogens is 2.